The Hall–Kier alpha value is -0.400. The molecule has 3 fully saturated rings. The van der Waals surface area contributed by atoms with E-state index in [4.69, 9.17) is 0 Å². The standard InChI is InChI=1S/C16H25FO/c1-14(2)8-5-11(14)12-9-15(3)6-4-7-16(12,10-15)13(17)18/h11-12H,4-10H2,1-3H3. The summed E-state index contributed by atoms with van der Waals surface area (Å²) in [4.78, 5) is 11.7. The molecule has 1 nitrogen and oxygen atoms in total. The molecule has 18 heavy (non-hydrogen) atoms. The Morgan fingerprint density at radius 3 is 2.33 bits per heavy atom. The molecule has 0 aromatic rings. The minimum absolute atomic E-state index is 0.232. The lowest BCUT2D eigenvalue weighted by Crippen LogP contribution is -2.47. The maximum absolute atomic E-state index is 13.8. The molecule has 3 rings (SSSR count). The summed E-state index contributed by atoms with van der Waals surface area (Å²) in [7, 11) is 0. The van der Waals surface area contributed by atoms with E-state index in [0.717, 1.165) is 25.7 Å². The molecule has 4 atom stereocenters. The van der Waals surface area contributed by atoms with E-state index in [1.165, 1.54) is 19.3 Å². The summed E-state index contributed by atoms with van der Waals surface area (Å²) in [5, 5.41) is 0. The van der Waals surface area contributed by atoms with E-state index < -0.39 is 11.5 Å². The van der Waals surface area contributed by atoms with Crippen LogP contribution in [0.1, 0.15) is 65.7 Å². The van der Waals surface area contributed by atoms with Crippen molar-refractivity contribution in [3.8, 4) is 0 Å². The number of carbonyl (C=O) groups is 1. The number of halogens is 1. The van der Waals surface area contributed by atoms with Crippen molar-refractivity contribution in [3.05, 3.63) is 0 Å². The average molecular weight is 252 g/mol. The molecule has 4 unspecified atom stereocenters. The van der Waals surface area contributed by atoms with Gasteiger partial charge in [-0.1, -0.05) is 27.2 Å². The first kappa shape index (κ1) is 12.6. The van der Waals surface area contributed by atoms with Gasteiger partial charge in [-0.05, 0) is 61.2 Å². The van der Waals surface area contributed by atoms with Gasteiger partial charge < -0.3 is 0 Å². The highest BCUT2D eigenvalue weighted by molar-refractivity contribution is 5.77. The fourth-order valence-electron chi connectivity index (χ4n) is 5.46. The molecule has 0 aliphatic heterocycles. The van der Waals surface area contributed by atoms with Gasteiger partial charge in [-0.15, -0.1) is 0 Å². The van der Waals surface area contributed by atoms with Crippen LogP contribution in [0.25, 0.3) is 0 Å². The molecule has 0 N–H and O–H groups in total. The van der Waals surface area contributed by atoms with Crippen molar-refractivity contribution in [3.63, 3.8) is 0 Å². The molecule has 3 saturated carbocycles. The smallest absolute Gasteiger partial charge is 0.261 e. The quantitative estimate of drug-likeness (QED) is 0.661. The summed E-state index contributed by atoms with van der Waals surface area (Å²) < 4.78 is 13.8. The van der Waals surface area contributed by atoms with E-state index in [-0.39, 0.29) is 5.41 Å². The molecular formula is C16H25FO. The van der Waals surface area contributed by atoms with E-state index in [2.05, 4.69) is 20.8 Å². The molecule has 102 valence electrons. The van der Waals surface area contributed by atoms with Crippen LogP contribution < -0.4 is 0 Å². The number of carbonyl (C=O) groups excluding carboxylic acids is 1. The highest BCUT2D eigenvalue weighted by atomic mass is 19.1. The van der Waals surface area contributed by atoms with Gasteiger partial charge in [-0.3, -0.25) is 4.79 Å². The number of hydrogen-bond donors (Lipinski definition) is 0. The van der Waals surface area contributed by atoms with Crippen LogP contribution in [0.3, 0.4) is 0 Å². The van der Waals surface area contributed by atoms with E-state index in [1.807, 2.05) is 0 Å². The van der Waals surface area contributed by atoms with Crippen molar-refractivity contribution in [1.82, 2.24) is 0 Å². The maximum atomic E-state index is 13.8. The minimum Gasteiger partial charge on any atom is -0.261 e. The highest BCUT2D eigenvalue weighted by Gasteiger charge is 2.63. The van der Waals surface area contributed by atoms with Gasteiger partial charge >= 0.3 is 6.04 Å². The zero-order valence-electron chi connectivity index (χ0n) is 11.9. The number of rotatable bonds is 2. The van der Waals surface area contributed by atoms with Crippen molar-refractivity contribution in [2.45, 2.75) is 65.7 Å². The second-order valence-corrected chi connectivity index (χ2v) is 8.22. The van der Waals surface area contributed by atoms with E-state index in [1.54, 1.807) is 0 Å². The molecule has 3 aliphatic carbocycles. The summed E-state index contributed by atoms with van der Waals surface area (Å²) in [6.07, 6.45) is 7.35. The molecule has 2 heteroatoms. The van der Waals surface area contributed by atoms with Crippen LogP contribution in [0.5, 0.6) is 0 Å². The summed E-state index contributed by atoms with van der Waals surface area (Å²) in [6.45, 7) is 6.86. The summed E-state index contributed by atoms with van der Waals surface area (Å²) in [5.74, 6) is 0.878. The first-order valence-corrected chi connectivity index (χ1v) is 7.49. The van der Waals surface area contributed by atoms with E-state index >= 15 is 0 Å². The van der Waals surface area contributed by atoms with Crippen LogP contribution in [0.2, 0.25) is 0 Å². The Bertz CT molecular complexity index is 389. The number of fused-ring (bicyclic) bond motifs is 2. The van der Waals surface area contributed by atoms with E-state index in [0.29, 0.717) is 17.3 Å². The van der Waals surface area contributed by atoms with Crippen molar-refractivity contribution >= 4 is 6.04 Å². The molecule has 0 saturated heterocycles. The Morgan fingerprint density at radius 1 is 1.11 bits per heavy atom. The summed E-state index contributed by atoms with van der Waals surface area (Å²) in [6, 6.07) is -1.00. The van der Waals surface area contributed by atoms with Crippen LogP contribution in [0, 0.1) is 28.1 Å². The van der Waals surface area contributed by atoms with Gasteiger partial charge in [0.2, 0.25) is 0 Å². The second-order valence-electron chi connectivity index (χ2n) is 8.22. The fourth-order valence-corrected chi connectivity index (χ4v) is 5.46. The van der Waals surface area contributed by atoms with Crippen LogP contribution >= 0.6 is 0 Å². The largest absolute Gasteiger partial charge is 0.307 e. The van der Waals surface area contributed by atoms with E-state index in [9.17, 15) is 9.18 Å². The minimum atomic E-state index is -1.00. The summed E-state index contributed by atoms with van der Waals surface area (Å²) >= 11 is 0. The molecule has 0 heterocycles. The monoisotopic (exact) mass is 252 g/mol. The Kier molecular flexibility index (Phi) is 2.51. The molecule has 2 bridgehead atoms. The third-order valence-electron chi connectivity index (χ3n) is 6.55. The lowest BCUT2D eigenvalue weighted by molar-refractivity contribution is -0.149. The molecule has 0 amide bonds. The predicted molar refractivity (Wildman–Crippen MR) is 69.7 cm³/mol. The predicted octanol–water partition coefficient (Wildman–Crippen LogP) is 4.51. The first-order chi connectivity index (χ1) is 8.29. The lowest BCUT2D eigenvalue weighted by atomic mass is 9.53. The molecule has 0 radical (unpaired) electrons. The van der Waals surface area contributed by atoms with Crippen LogP contribution in [0.15, 0.2) is 0 Å². The Balaban J connectivity index is 1.96. The van der Waals surface area contributed by atoms with Crippen LogP contribution in [0.4, 0.5) is 4.39 Å². The van der Waals surface area contributed by atoms with Gasteiger partial charge in [0.1, 0.15) is 0 Å². The lowest BCUT2D eigenvalue weighted by Gasteiger charge is -2.51. The average Bonchev–Trinajstić information content (AvgIpc) is 2.45. The Morgan fingerprint density at radius 2 is 1.83 bits per heavy atom. The molecule has 0 spiro atoms. The molecular weight excluding hydrogens is 227 g/mol. The van der Waals surface area contributed by atoms with Gasteiger partial charge in [-0.25, -0.2) is 0 Å². The van der Waals surface area contributed by atoms with Crippen molar-refractivity contribution in [2.75, 3.05) is 0 Å². The molecule has 3 aliphatic rings. The first-order valence-electron chi connectivity index (χ1n) is 7.49. The van der Waals surface area contributed by atoms with Crippen LogP contribution in [-0.2, 0) is 4.79 Å². The van der Waals surface area contributed by atoms with Gasteiger partial charge in [-0.2, -0.15) is 4.39 Å². The van der Waals surface area contributed by atoms with Gasteiger partial charge in [0, 0.05) is 0 Å². The van der Waals surface area contributed by atoms with Crippen LogP contribution in [-0.4, -0.2) is 6.04 Å². The third kappa shape index (κ3) is 1.53. The molecule has 0 aromatic heterocycles. The molecule has 0 aromatic carbocycles. The van der Waals surface area contributed by atoms with Gasteiger partial charge in [0.15, 0.2) is 0 Å². The van der Waals surface area contributed by atoms with Crippen molar-refractivity contribution < 1.29 is 9.18 Å². The van der Waals surface area contributed by atoms with Gasteiger partial charge in [0.25, 0.3) is 0 Å². The fraction of sp³-hybridized carbons (Fsp3) is 0.938. The second kappa shape index (κ2) is 3.58. The normalized spacial score (nSPS) is 49.8. The van der Waals surface area contributed by atoms with Gasteiger partial charge in [0.05, 0.1) is 5.41 Å². The zero-order valence-corrected chi connectivity index (χ0v) is 11.9. The summed E-state index contributed by atoms with van der Waals surface area (Å²) in [5.41, 5.74) is -0.0490. The Labute approximate surface area is 110 Å². The number of hydrogen-bond acceptors (Lipinski definition) is 1. The highest BCUT2D eigenvalue weighted by Crippen LogP contribution is 2.68. The van der Waals surface area contributed by atoms with Crippen molar-refractivity contribution in [2.24, 2.45) is 28.1 Å². The van der Waals surface area contributed by atoms with Crippen molar-refractivity contribution in [1.29, 1.82) is 0 Å². The SMILES string of the molecule is CC12CCCC(C(=O)F)(C1)C(C1CCC1(C)C)C2. The zero-order chi connectivity index (χ0) is 13.2. The maximum Gasteiger partial charge on any atom is 0.307 e. The topological polar surface area (TPSA) is 17.1 Å². The third-order valence-corrected chi connectivity index (χ3v) is 6.55.